The van der Waals surface area contributed by atoms with Crippen molar-refractivity contribution in [3.8, 4) is 11.5 Å². The highest BCUT2D eigenvalue weighted by atomic mass is 16.7. The number of hydrogen-bond donors (Lipinski definition) is 2. The predicted molar refractivity (Wildman–Crippen MR) is 111 cm³/mol. The van der Waals surface area contributed by atoms with Gasteiger partial charge in [-0.15, -0.1) is 0 Å². The molecule has 3 aliphatic rings. The van der Waals surface area contributed by atoms with Gasteiger partial charge in [0.2, 0.25) is 12.7 Å². The first-order chi connectivity index (χ1) is 15.4. The number of nitrogens with one attached hydrogen (secondary N) is 2. The number of carbonyl (C=O) groups excluding carboxylic acids is 4. The number of carbonyl (C=O) groups is 4. The molecule has 0 aliphatic carbocycles. The molecule has 3 aliphatic heterocycles. The molecule has 0 saturated carbocycles. The first-order valence-electron chi connectivity index (χ1n) is 10.1. The van der Waals surface area contributed by atoms with Gasteiger partial charge in [-0.3, -0.25) is 34.9 Å². The Morgan fingerprint density at radius 3 is 2.69 bits per heavy atom. The number of nitrogens with zero attached hydrogens (tertiary/aromatic N) is 2. The van der Waals surface area contributed by atoms with Crippen molar-refractivity contribution in [2.75, 3.05) is 18.2 Å². The Morgan fingerprint density at radius 2 is 1.84 bits per heavy atom. The summed E-state index contributed by atoms with van der Waals surface area (Å²) in [5, 5.41) is 0. The summed E-state index contributed by atoms with van der Waals surface area (Å²) in [6.07, 6.45) is 0.680. The molecule has 1 atom stereocenters. The average Bonchev–Trinajstić information content (AvgIpc) is 3.39. The molecular formula is C22H20N4O6. The molecule has 1 fully saturated rings. The summed E-state index contributed by atoms with van der Waals surface area (Å²) in [6.45, 7) is 1.53. The van der Waals surface area contributed by atoms with E-state index in [1.807, 2.05) is 0 Å². The van der Waals surface area contributed by atoms with E-state index in [0.29, 0.717) is 29.2 Å². The van der Waals surface area contributed by atoms with E-state index in [1.54, 1.807) is 48.2 Å². The molecule has 10 nitrogen and oxygen atoms in total. The molecule has 164 valence electrons. The second kappa shape index (κ2) is 7.26. The number of ether oxygens (including phenoxy) is 2. The molecule has 4 amide bonds. The van der Waals surface area contributed by atoms with E-state index in [4.69, 9.17) is 9.47 Å². The largest absolute Gasteiger partial charge is 0.454 e. The maximum absolute atomic E-state index is 13.2. The van der Waals surface area contributed by atoms with Crippen LogP contribution < -0.4 is 25.2 Å². The summed E-state index contributed by atoms with van der Waals surface area (Å²) >= 11 is 0. The molecule has 10 heteroatoms. The van der Waals surface area contributed by atoms with Gasteiger partial charge in [0.1, 0.15) is 12.2 Å². The Hall–Kier alpha value is -4.08. The van der Waals surface area contributed by atoms with E-state index in [0.717, 1.165) is 0 Å². The summed E-state index contributed by atoms with van der Waals surface area (Å²) in [6, 6.07) is 11.5. The molecule has 0 aromatic heterocycles. The van der Waals surface area contributed by atoms with E-state index >= 15 is 0 Å². The van der Waals surface area contributed by atoms with E-state index in [1.165, 1.54) is 11.0 Å². The van der Waals surface area contributed by atoms with Crippen molar-refractivity contribution < 1.29 is 28.7 Å². The lowest BCUT2D eigenvalue weighted by atomic mass is 9.98. The van der Waals surface area contributed by atoms with Gasteiger partial charge in [-0.2, -0.15) is 0 Å². The lowest BCUT2D eigenvalue weighted by Crippen LogP contribution is -2.64. The van der Waals surface area contributed by atoms with Crippen LogP contribution in [0.5, 0.6) is 11.5 Å². The zero-order valence-corrected chi connectivity index (χ0v) is 17.2. The summed E-state index contributed by atoms with van der Waals surface area (Å²) in [5.74, 6) is -0.595. The van der Waals surface area contributed by atoms with Gasteiger partial charge in [0.15, 0.2) is 11.5 Å². The van der Waals surface area contributed by atoms with Crippen LogP contribution in [-0.2, 0) is 9.59 Å². The predicted octanol–water partition coefficient (Wildman–Crippen LogP) is 1.18. The first-order valence-corrected chi connectivity index (χ1v) is 10.1. The van der Waals surface area contributed by atoms with Gasteiger partial charge in [-0.25, -0.2) is 0 Å². The maximum atomic E-state index is 13.2. The third kappa shape index (κ3) is 3.03. The number of hydrazine groups is 1. The number of fused-ring (bicyclic) bond motifs is 4. The third-order valence-corrected chi connectivity index (χ3v) is 6.00. The van der Waals surface area contributed by atoms with Gasteiger partial charge in [0.25, 0.3) is 17.7 Å². The standard InChI is InChI=1S/C22H20N4O6/c1-22-9-8-19(28)26(22)15-5-3-2-4-14(15)21(30)25(22)11-18(27)23-24-20(29)13-6-7-16-17(10-13)32-12-31-16/h2-7,10H,8-9,11-12H2,1H3,(H,23,27)(H,24,29). The zero-order valence-electron chi connectivity index (χ0n) is 17.2. The number of benzene rings is 2. The number of para-hydroxylation sites is 1. The minimum atomic E-state index is -0.957. The first kappa shape index (κ1) is 19.9. The van der Waals surface area contributed by atoms with Crippen LogP contribution in [0.15, 0.2) is 42.5 Å². The van der Waals surface area contributed by atoms with Crippen molar-refractivity contribution in [2.24, 2.45) is 0 Å². The van der Waals surface area contributed by atoms with Gasteiger partial charge in [0.05, 0.1) is 11.3 Å². The number of amides is 4. The summed E-state index contributed by atoms with van der Waals surface area (Å²) in [7, 11) is 0. The van der Waals surface area contributed by atoms with Gasteiger partial charge >= 0.3 is 0 Å². The third-order valence-electron chi connectivity index (χ3n) is 6.00. The maximum Gasteiger partial charge on any atom is 0.269 e. The SMILES string of the molecule is CC12CCC(=O)N1c1ccccc1C(=O)N2CC(=O)NNC(=O)c1ccc2c(c1)OCO2. The minimum absolute atomic E-state index is 0.0857. The Balaban J connectivity index is 1.30. The highest BCUT2D eigenvalue weighted by Gasteiger charge is 2.53. The van der Waals surface area contributed by atoms with Crippen LogP contribution in [0, 0.1) is 0 Å². The molecule has 0 spiro atoms. The van der Waals surface area contributed by atoms with Crippen LogP contribution in [0.25, 0.3) is 0 Å². The highest BCUT2D eigenvalue weighted by molar-refractivity contribution is 6.11. The van der Waals surface area contributed by atoms with Crippen LogP contribution in [-0.4, -0.2) is 47.5 Å². The summed E-state index contributed by atoms with van der Waals surface area (Å²) in [4.78, 5) is 53.7. The lowest BCUT2D eigenvalue weighted by Gasteiger charge is -2.48. The summed E-state index contributed by atoms with van der Waals surface area (Å²) < 4.78 is 10.5. The monoisotopic (exact) mass is 436 g/mol. The number of hydrogen-bond acceptors (Lipinski definition) is 6. The molecular weight excluding hydrogens is 416 g/mol. The Bertz CT molecular complexity index is 1160. The summed E-state index contributed by atoms with van der Waals surface area (Å²) in [5.41, 5.74) is 4.91. The van der Waals surface area contributed by atoms with Crippen molar-refractivity contribution in [3.63, 3.8) is 0 Å². The van der Waals surface area contributed by atoms with E-state index in [-0.39, 0.29) is 37.1 Å². The van der Waals surface area contributed by atoms with Gasteiger partial charge in [-0.05, 0) is 43.7 Å². The van der Waals surface area contributed by atoms with Crippen LogP contribution in [0.1, 0.15) is 40.5 Å². The smallest absolute Gasteiger partial charge is 0.269 e. The molecule has 1 unspecified atom stereocenters. The van der Waals surface area contributed by atoms with E-state index in [2.05, 4.69) is 10.9 Å². The fourth-order valence-corrected chi connectivity index (χ4v) is 4.36. The highest BCUT2D eigenvalue weighted by Crippen LogP contribution is 2.43. The van der Waals surface area contributed by atoms with E-state index in [9.17, 15) is 19.2 Å². The van der Waals surface area contributed by atoms with Gasteiger partial charge in [0, 0.05) is 12.0 Å². The molecule has 0 bridgehead atoms. The molecule has 5 rings (SSSR count). The Morgan fingerprint density at radius 1 is 1.06 bits per heavy atom. The van der Waals surface area contributed by atoms with Crippen molar-refractivity contribution in [3.05, 3.63) is 53.6 Å². The number of rotatable bonds is 3. The zero-order chi connectivity index (χ0) is 22.5. The van der Waals surface area contributed by atoms with Crippen LogP contribution in [0.3, 0.4) is 0 Å². The molecule has 2 aromatic rings. The number of anilines is 1. The van der Waals surface area contributed by atoms with Gasteiger partial charge in [-0.1, -0.05) is 12.1 Å². The van der Waals surface area contributed by atoms with Crippen molar-refractivity contribution in [2.45, 2.75) is 25.4 Å². The molecule has 2 aromatic carbocycles. The van der Waals surface area contributed by atoms with Crippen LogP contribution >= 0.6 is 0 Å². The van der Waals surface area contributed by atoms with Crippen LogP contribution in [0.4, 0.5) is 5.69 Å². The molecule has 2 N–H and O–H groups in total. The normalized spacial score (nSPS) is 20.7. The minimum Gasteiger partial charge on any atom is -0.454 e. The Labute approximate surface area is 183 Å². The molecule has 32 heavy (non-hydrogen) atoms. The molecule has 1 saturated heterocycles. The van der Waals surface area contributed by atoms with Gasteiger partial charge < -0.3 is 14.4 Å². The van der Waals surface area contributed by atoms with Crippen LogP contribution in [0.2, 0.25) is 0 Å². The fourth-order valence-electron chi connectivity index (χ4n) is 4.36. The molecule has 0 radical (unpaired) electrons. The van der Waals surface area contributed by atoms with E-state index < -0.39 is 17.5 Å². The lowest BCUT2D eigenvalue weighted by molar-refractivity contribution is -0.124. The quantitative estimate of drug-likeness (QED) is 0.698. The molecule has 3 heterocycles. The topological polar surface area (TPSA) is 117 Å². The van der Waals surface area contributed by atoms with Crippen molar-refractivity contribution in [1.82, 2.24) is 15.8 Å². The second-order valence-corrected chi connectivity index (χ2v) is 7.92. The van der Waals surface area contributed by atoms with Crippen molar-refractivity contribution in [1.29, 1.82) is 0 Å². The van der Waals surface area contributed by atoms with Crippen molar-refractivity contribution >= 4 is 29.3 Å². The second-order valence-electron chi connectivity index (χ2n) is 7.92. The fraction of sp³-hybridized carbons (Fsp3) is 0.273. The average molecular weight is 436 g/mol. The Kier molecular flexibility index (Phi) is 4.50.